The van der Waals surface area contributed by atoms with E-state index < -0.39 is 53.3 Å². The van der Waals surface area contributed by atoms with Gasteiger partial charge in [0, 0.05) is 23.9 Å². The van der Waals surface area contributed by atoms with E-state index in [2.05, 4.69) is 27.5 Å². The zero-order valence-corrected chi connectivity index (χ0v) is 28.2. The van der Waals surface area contributed by atoms with Crippen molar-refractivity contribution in [3.8, 4) is 11.6 Å². The van der Waals surface area contributed by atoms with Crippen molar-refractivity contribution in [2.75, 3.05) is 20.3 Å². The highest BCUT2D eigenvalue weighted by Crippen LogP contribution is 2.45. The van der Waals surface area contributed by atoms with Gasteiger partial charge in [0.05, 0.1) is 26.3 Å². The number of likely N-dealkylation sites (tertiary alicyclic amines) is 1. The molecular formula is C34H47N5O8. The third-order valence-electron chi connectivity index (χ3n) is 8.48. The average Bonchev–Trinajstić information content (AvgIpc) is 3.56. The minimum absolute atomic E-state index is 0.0557. The van der Waals surface area contributed by atoms with E-state index in [1.165, 1.54) is 4.90 Å². The molecule has 4 rings (SSSR count). The molecule has 0 radical (unpaired) electrons. The van der Waals surface area contributed by atoms with Crippen molar-refractivity contribution in [2.24, 2.45) is 16.7 Å². The largest absolute Gasteiger partial charge is 0.497 e. The molecule has 1 saturated heterocycles. The van der Waals surface area contributed by atoms with Gasteiger partial charge in [0.2, 0.25) is 24.1 Å². The number of methoxy groups -OCH3 is 1. The number of ether oxygens (including phenoxy) is 3. The number of aromatic nitrogens is 1. The maximum atomic E-state index is 14.4. The highest BCUT2D eigenvalue weighted by molar-refractivity contribution is 5.96. The van der Waals surface area contributed by atoms with Crippen molar-refractivity contribution in [2.45, 2.75) is 84.3 Å². The minimum Gasteiger partial charge on any atom is -0.497 e. The molecule has 0 bridgehead atoms. The highest BCUT2D eigenvalue weighted by atomic mass is 16.5. The topological polar surface area (TPSA) is 168 Å². The van der Waals surface area contributed by atoms with Crippen LogP contribution in [0.4, 0.5) is 4.79 Å². The second-order valence-corrected chi connectivity index (χ2v) is 14.5. The number of imide groups is 1. The maximum absolute atomic E-state index is 14.4. The molecule has 2 heterocycles. The van der Waals surface area contributed by atoms with Gasteiger partial charge in [-0.3, -0.25) is 25.0 Å². The molecule has 1 aromatic heterocycles. The first-order chi connectivity index (χ1) is 22.0. The number of carbonyl (C=O) groups excluding carboxylic acids is 4. The number of fused-ring (bicyclic) bond motifs is 1. The summed E-state index contributed by atoms with van der Waals surface area (Å²) in [7, 11) is 1.58. The fourth-order valence-corrected chi connectivity index (χ4v) is 5.83. The Labute approximate surface area is 275 Å². The van der Waals surface area contributed by atoms with Crippen LogP contribution in [0.15, 0.2) is 43.1 Å². The number of amides is 4. The normalized spacial score (nSPS) is 23.7. The summed E-state index contributed by atoms with van der Waals surface area (Å²) in [4.78, 5) is 57.1. The van der Waals surface area contributed by atoms with Crippen molar-refractivity contribution in [1.82, 2.24) is 25.8 Å². The molecule has 2 aromatic rings. The van der Waals surface area contributed by atoms with E-state index >= 15 is 0 Å². The van der Waals surface area contributed by atoms with E-state index in [0.29, 0.717) is 18.1 Å². The Morgan fingerprint density at radius 1 is 1.19 bits per heavy atom. The zero-order valence-electron chi connectivity index (χ0n) is 28.2. The molecule has 1 aliphatic carbocycles. The third kappa shape index (κ3) is 8.20. The Morgan fingerprint density at radius 3 is 2.51 bits per heavy atom. The molecule has 13 nitrogen and oxygen atoms in total. The molecular weight excluding hydrogens is 606 g/mol. The quantitative estimate of drug-likeness (QED) is 0.152. The van der Waals surface area contributed by atoms with Crippen molar-refractivity contribution < 1.29 is 38.5 Å². The van der Waals surface area contributed by atoms with Gasteiger partial charge in [0.25, 0.3) is 0 Å². The number of rotatable bonds is 12. The lowest BCUT2D eigenvalue weighted by Gasteiger charge is -2.37. The lowest BCUT2D eigenvalue weighted by Crippen LogP contribution is -2.61. The number of pyridine rings is 1. The molecule has 0 spiro atoms. The van der Waals surface area contributed by atoms with Crippen LogP contribution in [-0.4, -0.2) is 89.5 Å². The van der Waals surface area contributed by atoms with Crippen LogP contribution in [0.5, 0.6) is 11.6 Å². The van der Waals surface area contributed by atoms with Crippen molar-refractivity contribution in [3.63, 3.8) is 0 Å². The van der Waals surface area contributed by atoms with Gasteiger partial charge in [-0.05, 0) is 46.9 Å². The minimum atomic E-state index is -1.41. The van der Waals surface area contributed by atoms with Gasteiger partial charge in [-0.2, -0.15) is 0 Å². The van der Waals surface area contributed by atoms with Crippen LogP contribution < -0.4 is 25.4 Å². The van der Waals surface area contributed by atoms with Crippen molar-refractivity contribution in [1.29, 1.82) is 0 Å². The fraction of sp³-hybridized carbons (Fsp3) is 0.559. The molecule has 6 atom stereocenters. The summed E-state index contributed by atoms with van der Waals surface area (Å²) < 4.78 is 17.1. The van der Waals surface area contributed by atoms with Crippen LogP contribution in [0.25, 0.3) is 10.8 Å². The standard InChI is InChI=1S/C34H47N5O8/c1-9-21-16-34(21,30(43)36-19-40)38-27(41)25-15-23(47-28-24-11-10-22(45-8)14-20(24)12-13-35-28)17-39(25)29(42)26(33(5,6)7)37-31(44)46-18-32(2,3)4/h9-14,19,21,23,25-27,38,41H,1,15-18H2,2-8H3,(H,37,44)(H,36,40,43)/t21-,23-,25?,26-,27?,34-/m1/s1. The smallest absolute Gasteiger partial charge is 0.407 e. The maximum Gasteiger partial charge on any atom is 0.407 e. The van der Waals surface area contributed by atoms with Gasteiger partial charge in [0.1, 0.15) is 29.7 Å². The van der Waals surface area contributed by atoms with Crippen molar-refractivity contribution in [3.05, 3.63) is 43.1 Å². The average molecular weight is 654 g/mol. The molecule has 2 fully saturated rings. The van der Waals surface area contributed by atoms with E-state index in [4.69, 9.17) is 14.2 Å². The summed E-state index contributed by atoms with van der Waals surface area (Å²) in [5.74, 6) is -0.383. The molecule has 47 heavy (non-hydrogen) atoms. The molecule has 1 aliphatic heterocycles. The zero-order chi connectivity index (χ0) is 34.7. The number of aliphatic hydroxyl groups is 1. The number of nitrogens with one attached hydrogen (secondary N) is 3. The number of hydrogen-bond donors (Lipinski definition) is 4. The number of carbonyl (C=O) groups is 4. The summed E-state index contributed by atoms with van der Waals surface area (Å²) in [6.07, 6.45) is 1.21. The summed E-state index contributed by atoms with van der Waals surface area (Å²) in [6, 6.07) is 5.42. The third-order valence-corrected chi connectivity index (χ3v) is 8.48. The summed E-state index contributed by atoms with van der Waals surface area (Å²) in [6.45, 7) is 15.2. The number of hydrogen-bond acceptors (Lipinski definition) is 10. The Hall–Kier alpha value is -4.23. The predicted octanol–water partition coefficient (Wildman–Crippen LogP) is 2.90. The first-order valence-electron chi connectivity index (χ1n) is 15.7. The lowest BCUT2D eigenvalue weighted by molar-refractivity contribution is -0.140. The van der Waals surface area contributed by atoms with Gasteiger partial charge < -0.3 is 29.5 Å². The first-order valence-corrected chi connectivity index (χ1v) is 15.7. The number of alkyl carbamates (subject to hydrolysis) is 1. The number of benzene rings is 1. The van der Waals surface area contributed by atoms with Gasteiger partial charge in [-0.1, -0.05) is 47.6 Å². The van der Waals surface area contributed by atoms with Crippen molar-refractivity contribution >= 4 is 35.1 Å². The van der Waals surface area contributed by atoms with Crippen LogP contribution in [0.3, 0.4) is 0 Å². The van der Waals surface area contributed by atoms with Gasteiger partial charge >= 0.3 is 6.09 Å². The molecule has 4 N–H and O–H groups in total. The molecule has 13 heteroatoms. The summed E-state index contributed by atoms with van der Waals surface area (Å²) in [5.41, 5.74) is -2.30. The number of nitrogens with zero attached hydrogens (tertiary/aromatic N) is 2. The Kier molecular flexibility index (Phi) is 10.5. The van der Waals surface area contributed by atoms with E-state index in [1.807, 2.05) is 59.7 Å². The van der Waals surface area contributed by atoms with E-state index in [-0.39, 0.29) is 37.3 Å². The fourth-order valence-electron chi connectivity index (χ4n) is 5.83. The second kappa shape index (κ2) is 13.9. The van der Waals surface area contributed by atoms with Gasteiger partial charge in [-0.15, -0.1) is 6.58 Å². The molecule has 4 amide bonds. The molecule has 256 valence electrons. The van der Waals surface area contributed by atoms with Gasteiger partial charge in [-0.25, -0.2) is 9.78 Å². The summed E-state index contributed by atoms with van der Waals surface area (Å²) in [5, 5.41) is 21.1. The predicted molar refractivity (Wildman–Crippen MR) is 174 cm³/mol. The van der Waals surface area contributed by atoms with Crippen LogP contribution in [0.1, 0.15) is 54.4 Å². The van der Waals surface area contributed by atoms with E-state index in [0.717, 1.165) is 10.8 Å². The Bertz CT molecular complexity index is 1500. The second-order valence-electron chi connectivity index (χ2n) is 14.5. The monoisotopic (exact) mass is 653 g/mol. The first kappa shape index (κ1) is 35.6. The molecule has 2 unspecified atom stereocenters. The molecule has 2 aliphatic rings. The highest BCUT2D eigenvalue weighted by Gasteiger charge is 2.60. The number of aliphatic hydroxyl groups excluding tert-OH is 1. The van der Waals surface area contributed by atoms with Crippen LogP contribution in [0.2, 0.25) is 0 Å². The lowest BCUT2D eigenvalue weighted by atomic mass is 9.85. The summed E-state index contributed by atoms with van der Waals surface area (Å²) >= 11 is 0. The van der Waals surface area contributed by atoms with Crippen LogP contribution in [0, 0.1) is 16.7 Å². The Balaban J connectivity index is 1.64. The molecule has 1 saturated carbocycles. The Morgan fingerprint density at radius 2 is 1.91 bits per heavy atom. The van der Waals surface area contributed by atoms with E-state index in [9.17, 15) is 24.3 Å². The SMILES string of the molecule is C=C[C@@H]1C[C@]1(NC(O)C1C[C@@H](Oc2nccc3cc(OC)ccc23)CN1C(=O)[C@@H](NC(=O)OCC(C)(C)C)C(C)(C)C)C(=O)NC=O. The van der Waals surface area contributed by atoms with Crippen LogP contribution in [-0.2, 0) is 19.1 Å². The van der Waals surface area contributed by atoms with Crippen LogP contribution >= 0.6 is 0 Å². The van der Waals surface area contributed by atoms with E-state index in [1.54, 1.807) is 25.4 Å². The molecule has 1 aromatic carbocycles. The van der Waals surface area contributed by atoms with Gasteiger partial charge in [0.15, 0.2) is 0 Å².